The molecule has 1 aromatic carbocycles. The van der Waals surface area contributed by atoms with E-state index < -0.39 is 10.0 Å². The maximum absolute atomic E-state index is 12.7. The Labute approximate surface area is 161 Å². The Morgan fingerprint density at radius 3 is 2.23 bits per heavy atom. The van der Waals surface area contributed by atoms with Crippen LogP contribution in [0.4, 0.5) is 5.69 Å². The standard InChI is InChI=1S/C18H27N3O3S2/c1-14-12-20(13-15(2)24-14)18(25)19-16-6-8-17(9-7-16)26(22,23)21-10-4-3-5-11-21/h6-9,14-15H,3-5,10-13H2,1-2H3,(H,19,25)/t14-,15-/m0/s1. The number of sulfonamides is 1. The van der Waals surface area contributed by atoms with Crippen LogP contribution in [0.1, 0.15) is 33.1 Å². The number of morpholine rings is 1. The predicted molar refractivity (Wildman–Crippen MR) is 107 cm³/mol. The summed E-state index contributed by atoms with van der Waals surface area (Å²) in [5.41, 5.74) is 0.791. The van der Waals surface area contributed by atoms with Crippen LogP contribution in [0, 0.1) is 0 Å². The number of piperidine rings is 1. The van der Waals surface area contributed by atoms with E-state index in [9.17, 15) is 8.42 Å². The van der Waals surface area contributed by atoms with E-state index in [1.165, 1.54) is 0 Å². The molecule has 8 heteroatoms. The van der Waals surface area contributed by atoms with Crippen LogP contribution >= 0.6 is 12.2 Å². The molecule has 6 nitrogen and oxygen atoms in total. The van der Waals surface area contributed by atoms with E-state index in [1.807, 2.05) is 13.8 Å². The highest BCUT2D eigenvalue weighted by Gasteiger charge is 2.26. The molecule has 0 amide bonds. The Morgan fingerprint density at radius 2 is 1.65 bits per heavy atom. The predicted octanol–water partition coefficient (Wildman–Crippen LogP) is 2.67. The van der Waals surface area contributed by atoms with Gasteiger partial charge in [-0.05, 0) is 63.2 Å². The van der Waals surface area contributed by atoms with Gasteiger partial charge in [-0.25, -0.2) is 8.42 Å². The summed E-state index contributed by atoms with van der Waals surface area (Å²) in [4.78, 5) is 2.43. The number of nitrogens with zero attached hydrogens (tertiary/aromatic N) is 2. The maximum Gasteiger partial charge on any atom is 0.243 e. The number of ether oxygens (including phenoxy) is 1. The van der Waals surface area contributed by atoms with Crippen LogP contribution in [-0.4, -0.2) is 61.1 Å². The van der Waals surface area contributed by atoms with Gasteiger partial charge in [-0.1, -0.05) is 6.42 Å². The minimum Gasteiger partial charge on any atom is -0.372 e. The first-order valence-corrected chi connectivity index (χ1v) is 11.0. The van der Waals surface area contributed by atoms with E-state index in [2.05, 4.69) is 10.2 Å². The summed E-state index contributed by atoms with van der Waals surface area (Å²) >= 11 is 5.50. The second-order valence-electron chi connectivity index (χ2n) is 7.08. The van der Waals surface area contributed by atoms with Crippen molar-refractivity contribution < 1.29 is 13.2 Å². The van der Waals surface area contributed by atoms with Crippen LogP contribution in [0.3, 0.4) is 0 Å². The molecule has 2 heterocycles. The molecule has 0 aliphatic carbocycles. The van der Waals surface area contributed by atoms with Gasteiger partial charge in [0.15, 0.2) is 5.11 Å². The van der Waals surface area contributed by atoms with Crippen LogP contribution in [-0.2, 0) is 14.8 Å². The average Bonchev–Trinajstić information content (AvgIpc) is 2.62. The van der Waals surface area contributed by atoms with Gasteiger partial charge >= 0.3 is 0 Å². The van der Waals surface area contributed by atoms with Gasteiger partial charge in [0.1, 0.15) is 0 Å². The van der Waals surface area contributed by atoms with Gasteiger partial charge in [-0.2, -0.15) is 4.31 Å². The van der Waals surface area contributed by atoms with Gasteiger partial charge in [0.25, 0.3) is 0 Å². The molecule has 26 heavy (non-hydrogen) atoms. The molecule has 3 rings (SSSR count). The Balaban J connectivity index is 1.65. The second-order valence-corrected chi connectivity index (χ2v) is 9.41. The molecule has 2 aliphatic rings. The van der Waals surface area contributed by atoms with E-state index in [-0.39, 0.29) is 12.2 Å². The van der Waals surface area contributed by atoms with Gasteiger partial charge < -0.3 is 15.0 Å². The second kappa shape index (κ2) is 8.21. The molecule has 0 radical (unpaired) electrons. The lowest BCUT2D eigenvalue weighted by Crippen LogP contribution is -2.49. The minimum absolute atomic E-state index is 0.135. The van der Waals surface area contributed by atoms with Gasteiger partial charge in [0.2, 0.25) is 10.0 Å². The average molecular weight is 398 g/mol. The van der Waals surface area contributed by atoms with Crippen LogP contribution < -0.4 is 5.32 Å². The van der Waals surface area contributed by atoms with E-state index in [4.69, 9.17) is 17.0 Å². The van der Waals surface area contributed by atoms with E-state index in [1.54, 1.807) is 28.6 Å². The molecule has 0 unspecified atom stereocenters. The fourth-order valence-corrected chi connectivity index (χ4v) is 5.29. The van der Waals surface area contributed by atoms with E-state index in [0.29, 0.717) is 23.1 Å². The molecule has 1 N–H and O–H groups in total. The fraction of sp³-hybridized carbons (Fsp3) is 0.611. The lowest BCUT2D eigenvalue weighted by atomic mass is 10.2. The zero-order valence-electron chi connectivity index (χ0n) is 15.3. The molecule has 0 saturated carbocycles. The molecule has 2 saturated heterocycles. The van der Waals surface area contributed by atoms with Crippen LogP contribution in [0.15, 0.2) is 29.2 Å². The van der Waals surface area contributed by atoms with Crippen LogP contribution in [0.2, 0.25) is 0 Å². The van der Waals surface area contributed by atoms with Gasteiger partial charge in [0, 0.05) is 31.9 Å². The summed E-state index contributed by atoms with van der Waals surface area (Å²) in [5, 5.41) is 3.84. The van der Waals surface area contributed by atoms with E-state index in [0.717, 1.165) is 38.0 Å². The van der Waals surface area contributed by atoms with Crippen molar-refractivity contribution in [3.8, 4) is 0 Å². The number of benzene rings is 1. The highest BCUT2D eigenvalue weighted by molar-refractivity contribution is 7.89. The number of anilines is 1. The number of thiocarbonyl (C=S) groups is 1. The lowest BCUT2D eigenvalue weighted by Gasteiger charge is -2.36. The van der Waals surface area contributed by atoms with Gasteiger partial charge in [-0.15, -0.1) is 0 Å². The molecule has 2 aliphatic heterocycles. The molecule has 144 valence electrons. The summed E-state index contributed by atoms with van der Waals surface area (Å²) in [5.74, 6) is 0. The van der Waals surface area contributed by atoms with E-state index >= 15 is 0 Å². The molecule has 1 aromatic rings. The Hall–Kier alpha value is -1.22. The molecule has 0 aromatic heterocycles. The molecule has 0 spiro atoms. The van der Waals surface area contributed by atoms with Crippen LogP contribution in [0.25, 0.3) is 0 Å². The maximum atomic E-state index is 12.7. The van der Waals surface area contributed by atoms with Crippen molar-refractivity contribution in [2.24, 2.45) is 0 Å². The van der Waals surface area contributed by atoms with Crippen LogP contribution in [0.5, 0.6) is 0 Å². The number of hydrogen-bond donors (Lipinski definition) is 1. The van der Waals surface area contributed by atoms with Crippen molar-refractivity contribution in [2.75, 3.05) is 31.5 Å². The highest BCUT2D eigenvalue weighted by Crippen LogP contribution is 2.22. The third-order valence-electron chi connectivity index (χ3n) is 4.77. The summed E-state index contributed by atoms with van der Waals surface area (Å²) in [6.07, 6.45) is 3.24. The molecule has 0 bridgehead atoms. The molecular formula is C18H27N3O3S2. The smallest absolute Gasteiger partial charge is 0.243 e. The monoisotopic (exact) mass is 397 g/mol. The summed E-state index contributed by atoms with van der Waals surface area (Å²) in [6, 6.07) is 6.85. The number of hydrogen-bond acceptors (Lipinski definition) is 4. The van der Waals surface area contributed by atoms with Gasteiger partial charge in [-0.3, -0.25) is 0 Å². The SMILES string of the molecule is C[C@H]1CN(C(=S)Nc2ccc(S(=O)(=O)N3CCCCC3)cc2)C[C@H](C)O1. The minimum atomic E-state index is -3.40. The number of nitrogens with one attached hydrogen (secondary N) is 1. The molecule has 2 atom stereocenters. The lowest BCUT2D eigenvalue weighted by molar-refractivity contribution is -0.0473. The Kier molecular flexibility index (Phi) is 6.17. The van der Waals surface area contributed by atoms with Gasteiger partial charge in [0.05, 0.1) is 17.1 Å². The fourth-order valence-electron chi connectivity index (χ4n) is 3.51. The zero-order valence-corrected chi connectivity index (χ0v) is 17.0. The highest BCUT2D eigenvalue weighted by atomic mass is 32.2. The first-order chi connectivity index (χ1) is 12.4. The molecular weight excluding hydrogens is 370 g/mol. The summed E-state index contributed by atoms with van der Waals surface area (Å²) in [6.45, 7) is 6.78. The Bertz CT molecular complexity index is 721. The summed E-state index contributed by atoms with van der Waals surface area (Å²) < 4.78 is 32.7. The number of rotatable bonds is 3. The Morgan fingerprint density at radius 1 is 1.08 bits per heavy atom. The summed E-state index contributed by atoms with van der Waals surface area (Å²) in [7, 11) is -3.40. The third-order valence-corrected chi connectivity index (χ3v) is 7.04. The largest absolute Gasteiger partial charge is 0.372 e. The van der Waals surface area contributed by atoms with Crippen molar-refractivity contribution in [1.29, 1.82) is 0 Å². The van der Waals surface area contributed by atoms with Crippen molar-refractivity contribution in [3.05, 3.63) is 24.3 Å². The zero-order chi connectivity index (χ0) is 18.7. The third kappa shape index (κ3) is 4.54. The molecule has 2 fully saturated rings. The van der Waals surface area contributed by atoms with Crippen molar-refractivity contribution in [3.63, 3.8) is 0 Å². The van der Waals surface area contributed by atoms with Crippen molar-refractivity contribution in [1.82, 2.24) is 9.21 Å². The van der Waals surface area contributed by atoms with Crippen molar-refractivity contribution >= 4 is 33.0 Å². The normalized spacial score (nSPS) is 25.1. The quantitative estimate of drug-likeness (QED) is 0.792. The van der Waals surface area contributed by atoms with Crippen molar-refractivity contribution in [2.45, 2.75) is 50.2 Å². The first-order valence-electron chi connectivity index (χ1n) is 9.18. The topological polar surface area (TPSA) is 61.9 Å². The first kappa shape index (κ1) is 19.5.